The van der Waals surface area contributed by atoms with Gasteiger partial charge in [0.2, 0.25) is 0 Å². The van der Waals surface area contributed by atoms with E-state index in [1.54, 1.807) is 0 Å². The van der Waals surface area contributed by atoms with E-state index < -0.39 is 41.1 Å². The van der Waals surface area contributed by atoms with E-state index in [9.17, 15) is 19.2 Å². The van der Waals surface area contributed by atoms with Crippen molar-refractivity contribution in [1.82, 2.24) is 0 Å². The van der Waals surface area contributed by atoms with Crippen LogP contribution in [0.4, 0.5) is 0 Å². The van der Waals surface area contributed by atoms with Gasteiger partial charge in [0.05, 0.1) is 11.8 Å². The van der Waals surface area contributed by atoms with E-state index in [4.69, 9.17) is 0 Å². The molecule has 3 aliphatic rings. The molecule has 0 amide bonds. The van der Waals surface area contributed by atoms with Crippen molar-refractivity contribution in [2.24, 2.45) is 17.3 Å². The molecule has 6 nitrogen and oxygen atoms in total. The van der Waals surface area contributed by atoms with Gasteiger partial charge in [-0.15, -0.1) is 0 Å². The average Bonchev–Trinajstić information content (AvgIpc) is 2.62. The molecule has 2 bridgehead atoms. The van der Waals surface area contributed by atoms with Crippen LogP contribution in [0.2, 0.25) is 0 Å². The highest BCUT2D eigenvalue weighted by atomic mass is 16.6. The normalized spacial score (nSPS) is 42.7. The third-order valence-electron chi connectivity index (χ3n) is 3.42. The Morgan fingerprint density at radius 2 is 1.60 bits per heavy atom. The van der Waals surface area contributed by atoms with Crippen LogP contribution in [0.3, 0.4) is 0 Å². The number of rotatable bonds is 0. The molecule has 2 saturated heterocycles. The van der Waals surface area contributed by atoms with Gasteiger partial charge in [-0.1, -0.05) is 0 Å². The Morgan fingerprint density at radius 3 is 2.27 bits per heavy atom. The van der Waals surface area contributed by atoms with Gasteiger partial charge in [0.1, 0.15) is 0 Å². The van der Waals surface area contributed by atoms with Gasteiger partial charge in [-0.3, -0.25) is 19.2 Å². The topological polar surface area (TPSA) is 86.7 Å². The zero-order valence-electron chi connectivity index (χ0n) is 7.52. The highest BCUT2D eigenvalue weighted by molar-refractivity contribution is 6.16. The summed E-state index contributed by atoms with van der Waals surface area (Å²) in [4.78, 5) is 45.5. The molecule has 0 N–H and O–H groups in total. The maximum absolute atomic E-state index is 11.5. The third-order valence-corrected chi connectivity index (χ3v) is 3.42. The summed E-state index contributed by atoms with van der Waals surface area (Å²) in [7, 11) is 0. The summed E-state index contributed by atoms with van der Waals surface area (Å²) in [6.07, 6.45) is 0.231. The average molecular weight is 210 g/mol. The molecule has 2 aliphatic heterocycles. The predicted molar refractivity (Wildman–Crippen MR) is 40.8 cm³/mol. The quantitative estimate of drug-likeness (QED) is 0.383. The Balaban J connectivity index is 2.15. The first kappa shape index (κ1) is 8.58. The molecular weight excluding hydrogens is 204 g/mol. The molecule has 3 atom stereocenters. The Labute approximate surface area is 83.5 Å². The van der Waals surface area contributed by atoms with E-state index in [-0.39, 0.29) is 12.8 Å². The molecule has 0 aromatic rings. The van der Waals surface area contributed by atoms with Crippen LogP contribution in [0.15, 0.2) is 0 Å². The molecule has 0 aromatic heterocycles. The molecule has 15 heavy (non-hydrogen) atoms. The van der Waals surface area contributed by atoms with Crippen molar-refractivity contribution < 1.29 is 28.7 Å². The minimum absolute atomic E-state index is 0.0555. The number of hydrogen-bond donors (Lipinski definition) is 0. The molecule has 78 valence electrons. The van der Waals surface area contributed by atoms with Crippen molar-refractivity contribution in [2.75, 3.05) is 0 Å². The summed E-state index contributed by atoms with van der Waals surface area (Å²) in [6.45, 7) is 0. The van der Waals surface area contributed by atoms with Gasteiger partial charge < -0.3 is 9.47 Å². The van der Waals surface area contributed by atoms with Crippen LogP contribution >= 0.6 is 0 Å². The van der Waals surface area contributed by atoms with Gasteiger partial charge in [0, 0.05) is 0 Å². The molecule has 1 saturated carbocycles. The van der Waals surface area contributed by atoms with Crippen LogP contribution < -0.4 is 0 Å². The van der Waals surface area contributed by atoms with Gasteiger partial charge in [-0.05, 0) is 12.8 Å². The first-order valence-electron chi connectivity index (χ1n) is 4.58. The van der Waals surface area contributed by atoms with Crippen molar-refractivity contribution in [2.45, 2.75) is 12.8 Å². The zero-order valence-corrected chi connectivity index (χ0v) is 7.52. The van der Waals surface area contributed by atoms with E-state index in [0.717, 1.165) is 0 Å². The van der Waals surface area contributed by atoms with Crippen LogP contribution in [-0.4, -0.2) is 23.9 Å². The first-order chi connectivity index (χ1) is 7.05. The fourth-order valence-corrected chi connectivity index (χ4v) is 2.63. The maximum atomic E-state index is 11.5. The van der Waals surface area contributed by atoms with Crippen molar-refractivity contribution in [3.8, 4) is 0 Å². The lowest BCUT2D eigenvalue weighted by molar-refractivity contribution is -0.178. The molecule has 3 rings (SSSR count). The fraction of sp³-hybridized carbons (Fsp3) is 0.556. The standard InChI is InChI=1S/C9H6O6/c10-5-3-1-4-6(11)15-8(13)9(4,2-3)7(12)14-5/h3-4H,1-2H2. The van der Waals surface area contributed by atoms with Crippen LogP contribution in [0.1, 0.15) is 12.8 Å². The van der Waals surface area contributed by atoms with Crippen LogP contribution in [-0.2, 0) is 28.7 Å². The second kappa shape index (κ2) is 2.26. The Morgan fingerprint density at radius 1 is 1.00 bits per heavy atom. The van der Waals surface area contributed by atoms with E-state index >= 15 is 0 Å². The van der Waals surface area contributed by atoms with Crippen LogP contribution in [0, 0.1) is 17.3 Å². The first-order valence-corrected chi connectivity index (χ1v) is 4.58. The highest BCUT2D eigenvalue weighted by Crippen LogP contribution is 2.55. The molecule has 1 spiro atoms. The second-order valence-electron chi connectivity index (χ2n) is 4.08. The summed E-state index contributed by atoms with van der Waals surface area (Å²) in [5.74, 6) is -4.49. The number of carbonyl (C=O) groups excluding carboxylic acids is 4. The molecule has 1 aliphatic carbocycles. The highest BCUT2D eigenvalue weighted by Gasteiger charge is 2.72. The molecule has 0 radical (unpaired) electrons. The predicted octanol–water partition coefficient (Wildman–Crippen LogP) is -0.834. The van der Waals surface area contributed by atoms with Crippen molar-refractivity contribution in [3.63, 3.8) is 0 Å². The zero-order chi connectivity index (χ0) is 10.8. The Hall–Kier alpha value is -1.72. The summed E-state index contributed by atoms with van der Waals surface area (Å²) < 4.78 is 8.89. The van der Waals surface area contributed by atoms with E-state index in [1.807, 2.05) is 0 Å². The summed E-state index contributed by atoms with van der Waals surface area (Å²) >= 11 is 0. The lowest BCUT2D eigenvalue weighted by Crippen LogP contribution is -2.44. The second-order valence-corrected chi connectivity index (χ2v) is 4.08. The van der Waals surface area contributed by atoms with Crippen molar-refractivity contribution in [1.29, 1.82) is 0 Å². The van der Waals surface area contributed by atoms with Gasteiger partial charge in [-0.2, -0.15) is 0 Å². The maximum Gasteiger partial charge on any atom is 0.332 e. The lowest BCUT2D eigenvalue weighted by Gasteiger charge is -2.24. The van der Waals surface area contributed by atoms with E-state index in [2.05, 4.69) is 9.47 Å². The Kier molecular flexibility index (Phi) is 1.29. The van der Waals surface area contributed by atoms with E-state index in [1.165, 1.54) is 0 Å². The Bertz CT molecular complexity index is 424. The molecule has 3 unspecified atom stereocenters. The van der Waals surface area contributed by atoms with Crippen molar-refractivity contribution >= 4 is 23.9 Å². The van der Waals surface area contributed by atoms with Gasteiger partial charge in [-0.25, -0.2) is 0 Å². The van der Waals surface area contributed by atoms with Gasteiger partial charge in [0.15, 0.2) is 5.41 Å². The summed E-state index contributed by atoms with van der Waals surface area (Å²) in [5, 5.41) is 0. The summed E-state index contributed by atoms with van der Waals surface area (Å²) in [6, 6.07) is 0. The number of hydrogen-bond acceptors (Lipinski definition) is 6. The molecule has 0 aromatic carbocycles. The smallest absolute Gasteiger partial charge is 0.332 e. The minimum Gasteiger partial charge on any atom is -0.392 e. The molecule has 3 fully saturated rings. The molecule has 2 heterocycles. The van der Waals surface area contributed by atoms with Gasteiger partial charge in [0.25, 0.3) is 0 Å². The number of cyclic esters (lactones) is 4. The SMILES string of the molecule is O=C1OC(=O)C23CC1CC2C(=O)OC3=O. The number of esters is 4. The molecular formula is C9H6O6. The molecule has 6 heteroatoms. The monoisotopic (exact) mass is 210 g/mol. The van der Waals surface area contributed by atoms with Crippen molar-refractivity contribution in [3.05, 3.63) is 0 Å². The number of ether oxygens (including phenoxy) is 2. The number of carbonyl (C=O) groups is 4. The van der Waals surface area contributed by atoms with E-state index in [0.29, 0.717) is 0 Å². The summed E-state index contributed by atoms with van der Waals surface area (Å²) in [5.41, 5.74) is -1.52. The largest absolute Gasteiger partial charge is 0.392 e. The van der Waals surface area contributed by atoms with Gasteiger partial charge >= 0.3 is 23.9 Å². The van der Waals surface area contributed by atoms with Crippen LogP contribution in [0.25, 0.3) is 0 Å². The lowest BCUT2D eigenvalue weighted by atomic mass is 9.79. The van der Waals surface area contributed by atoms with Crippen LogP contribution in [0.5, 0.6) is 0 Å². The number of fused-ring (bicyclic) bond motifs is 1. The minimum atomic E-state index is -1.52. The fourth-order valence-electron chi connectivity index (χ4n) is 2.63. The third kappa shape index (κ3) is 0.762.